The number of aromatic amines is 1. The fraction of sp³-hybridized carbons (Fsp3) is 0.364. The number of amides is 4. The lowest BCUT2D eigenvalue weighted by Crippen LogP contribution is -2.49. The molecule has 2 fully saturated rings. The maximum absolute atomic E-state index is 12.2. The van der Waals surface area contributed by atoms with E-state index in [1.54, 1.807) is 17.2 Å². The van der Waals surface area contributed by atoms with Crippen molar-refractivity contribution >= 4 is 33.8 Å². The van der Waals surface area contributed by atoms with Gasteiger partial charge in [-0.3, -0.25) is 14.9 Å². The number of rotatable bonds is 1. The van der Waals surface area contributed by atoms with E-state index in [1.807, 2.05) is 0 Å². The Hall–Kier alpha value is -1.83. The Balaban J connectivity index is 1.78. The summed E-state index contributed by atoms with van der Waals surface area (Å²) in [6.45, 7) is 0.628. The quantitative estimate of drug-likeness (QED) is 0.643. The van der Waals surface area contributed by atoms with Crippen molar-refractivity contribution in [2.75, 3.05) is 13.1 Å². The predicted octanol–water partition coefficient (Wildman–Crippen LogP) is 0.201. The molecule has 1 atom stereocenters. The van der Waals surface area contributed by atoms with Gasteiger partial charge in [-0.1, -0.05) is 0 Å². The second-order valence-electron chi connectivity index (χ2n) is 4.70. The zero-order valence-electron chi connectivity index (χ0n) is 9.83. The molecule has 1 spiro atoms. The van der Waals surface area contributed by atoms with Crippen LogP contribution in [0, 0.1) is 0 Å². The van der Waals surface area contributed by atoms with Gasteiger partial charge in [0.25, 0.3) is 11.8 Å². The van der Waals surface area contributed by atoms with E-state index < -0.39 is 11.6 Å². The molecule has 3 N–H and O–H groups in total. The van der Waals surface area contributed by atoms with Crippen LogP contribution in [0.4, 0.5) is 4.79 Å². The SMILES string of the molecule is O=C1NC(=O)C2(CCN(C(=O)c3cc(Br)c[nH]3)C2)N1. The third-order valence-corrected chi connectivity index (χ3v) is 3.91. The number of hydrogen-bond donors (Lipinski definition) is 3. The average Bonchev–Trinajstić information content (AvgIpc) is 3.01. The molecular weight excluding hydrogens is 316 g/mol. The van der Waals surface area contributed by atoms with E-state index in [4.69, 9.17) is 0 Å². The molecule has 0 radical (unpaired) electrons. The lowest BCUT2D eigenvalue weighted by molar-refractivity contribution is -0.123. The number of H-pyrrole nitrogens is 1. The molecule has 7 nitrogen and oxygen atoms in total. The number of hydrogen-bond acceptors (Lipinski definition) is 3. The Kier molecular flexibility index (Phi) is 2.63. The van der Waals surface area contributed by atoms with Gasteiger partial charge in [-0.05, 0) is 28.4 Å². The van der Waals surface area contributed by atoms with Crippen LogP contribution in [-0.4, -0.2) is 46.4 Å². The molecule has 3 heterocycles. The van der Waals surface area contributed by atoms with Gasteiger partial charge in [0.1, 0.15) is 11.2 Å². The Labute approximate surface area is 116 Å². The number of carbonyl (C=O) groups excluding carboxylic acids is 3. The highest BCUT2D eigenvalue weighted by Crippen LogP contribution is 2.26. The van der Waals surface area contributed by atoms with Crippen molar-refractivity contribution < 1.29 is 14.4 Å². The fourth-order valence-electron chi connectivity index (χ4n) is 2.46. The van der Waals surface area contributed by atoms with E-state index in [2.05, 4.69) is 31.5 Å². The van der Waals surface area contributed by atoms with Crippen molar-refractivity contribution in [2.24, 2.45) is 0 Å². The van der Waals surface area contributed by atoms with Gasteiger partial charge < -0.3 is 15.2 Å². The predicted molar refractivity (Wildman–Crippen MR) is 68.4 cm³/mol. The van der Waals surface area contributed by atoms with Crippen molar-refractivity contribution in [3.05, 3.63) is 22.4 Å². The number of urea groups is 1. The Bertz CT molecular complexity index is 584. The van der Waals surface area contributed by atoms with Crippen molar-refractivity contribution in [1.82, 2.24) is 20.5 Å². The first-order chi connectivity index (χ1) is 9.00. The molecule has 2 aliphatic rings. The number of imide groups is 1. The molecule has 3 rings (SSSR count). The van der Waals surface area contributed by atoms with E-state index in [-0.39, 0.29) is 18.4 Å². The molecule has 1 unspecified atom stereocenters. The average molecular weight is 327 g/mol. The van der Waals surface area contributed by atoms with E-state index in [9.17, 15) is 14.4 Å². The minimum absolute atomic E-state index is 0.184. The molecule has 0 aliphatic carbocycles. The molecule has 0 aromatic carbocycles. The zero-order chi connectivity index (χ0) is 13.6. The normalized spacial score (nSPS) is 25.8. The third-order valence-electron chi connectivity index (χ3n) is 3.45. The van der Waals surface area contributed by atoms with Crippen LogP contribution in [0.5, 0.6) is 0 Å². The van der Waals surface area contributed by atoms with Crippen LogP contribution in [0.3, 0.4) is 0 Å². The van der Waals surface area contributed by atoms with Gasteiger partial charge in [-0.2, -0.15) is 0 Å². The molecule has 4 amide bonds. The summed E-state index contributed by atoms with van der Waals surface area (Å²) in [6.07, 6.45) is 2.10. The van der Waals surface area contributed by atoms with Gasteiger partial charge in [0.15, 0.2) is 0 Å². The third kappa shape index (κ3) is 1.92. The van der Waals surface area contributed by atoms with E-state index in [0.29, 0.717) is 18.7 Å². The standard InChI is InChI=1S/C11H11BrN4O3/c12-6-3-7(13-4-6)8(17)16-2-1-11(5-16)9(18)14-10(19)15-11/h3-4,13H,1-2,5H2,(H2,14,15,18,19). The van der Waals surface area contributed by atoms with Crippen molar-refractivity contribution in [2.45, 2.75) is 12.0 Å². The van der Waals surface area contributed by atoms with Crippen LogP contribution in [0.25, 0.3) is 0 Å². The molecular formula is C11H11BrN4O3. The van der Waals surface area contributed by atoms with Gasteiger partial charge >= 0.3 is 6.03 Å². The van der Waals surface area contributed by atoms with Crippen LogP contribution in [0.2, 0.25) is 0 Å². The summed E-state index contributed by atoms with van der Waals surface area (Å²) in [5.74, 6) is -0.544. The lowest BCUT2D eigenvalue weighted by atomic mass is 10.00. The summed E-state index contributed by atoms with van der Waals surface area (Å²) in [7, 11) is 0. The van der Waals surface area contributed by atoms with Gasteiger partial charge in [-0.25, -0.2) is 4.79 Å². The van der Waals surface area contributed by atoms with E-state index in [0.717, 1.165) is 4.47 Å². The summed E-state index contributed by atoms with van der Waals surface area (Å²) in [5.41, 5.74) is -0.509. The van der Waals surface area contributed by atoms with Crippen LogP contribution in [0.1, 0.15) is 16.9 Å². The Morgan fingerprint density at radius 3 is 2.79 bits per heavy atom. The van der Waals surface area contributed by atoms with Crippen molar-refractivity contribution in [3.63, 3.8) is 0 Å². The highest BCUT2D eigenvalue weighted by Gasteiger charge is 2.51. The monoisotopic (exact) mass is 326 g/mol. The summed E-state index contributed by atoms with van der Waals surface area (Å²) < 4.78 is 0.789. The number of halogens is 1. The number of likely N-dealkylation sites (tertiary alicyclic amines) is 1. The van der Waals surface area contributed by atoms with Gasteiger partial charge in [0, 0.05) is 17.2 Å². The number of carbonyl (C=O) groups is 3. The summed E-state index contributed by atoms with van der Waals surface area (Å²) in [4.78, 5) is 39.6. The van der Waals surface area contributed by atoms with E-state index >= 15 is 0 Å². The fourth-order valence-corrected chi connectivity index (χ4v) is 2.80. The second-order valence-corrected chi connectivity index (χ2v) is 5.61. The van der Waals surface area contributed by atoms with Crippen molar-refractivity contribution in [1.29, 1.82) is 0 Å². The highest BCUT2D eigenvalue weighted by molar-refractivity contribution is 9.10. The van der Waals surface area contributed by atoms with Gasteiger partial charge in [0.05, 0.1) is 6.54 Å². The summed E-state index contributed by atoms with van der Waals surface area (Å²) in [5, 5.41) is 4.82. The minimum Gasteiger partial charge on any atom is -0.356 e. The number of nitrogens with zero attached hydrogens (tertiary/aromatic N) is 1. The molecule has 19 heavy (non-hydrogen) atoms. The Morgan fingerprint density at radius 2 is 2.21 bits per heavy atom. The Morgan fingerprint density at radius 1 is 1.42 bits per heavy atom. The maximum atomic E-state index is 12.2. The first-order valence-electron chi connectivity index (χ1n) is 5.77. The van der Waals surface area contributed by atoms with Crippen molar-refractivity contribution in [3.8, 4) is 0 Å². The van der Waals surface area contributed by atoms with Crippen LogP contribution in [-0.2, 0) is 4.79 Å². The molecule has 100 valence electrons. The molecule has 2 aliphatic heterocycles. The molecule has 0 bridgehead atoms. The van der Waals surface area contributed by atoms with Gasteiger partial charge in [0.2, 0.25) is 0 Å². The number of nitrogens with one attached hydrogen (secondary N) is 3. The first kappa shape index (κ1) is 12.2. The molecule has 1 aromatic rings. The largest absolute Gasteiger partial charge is 0.356 e. The second kappa shape index (κ2) is 4.09. The molecule has 1 aromatic heterocycles. The summed E-state index contributed by atoms with van der Waals surface area (Å²) >= 11 is 3.26. The summed E-state index contributed by atoms with van der Waals surface area (Å²) in [6, 6.07) is 1.18. The van der Waals surface area contributed by atoms with Gasteiger partial charge in [-0.15, -0.1) is 0 Å². The van der Waals surface area contributed by atoms with Crippen LogP contribution >= 0.6 is 15.9 Å². The van der Waals surface area contributed by atoms with E-state index in [1.165, 1.54) is 0 Å². The molecule has 8 heteroatoms. The zero-order valence-corrected chi connectivity index (χ0v) is 11.4. The highest BCUT2D eigenvalue weighted by atomic mass is 79.9. The smallest absolute Gasteiger partial charge is 0.322 e. The first-order valence-corrected chi connectivity index (χ1v) is 6.56. The number of aromatic nitrogens is 1. The van der Waals surface area contributed by atoms with Crippen LogP contribution in [0.15, 0.2) is 16.7 Å². The topological polar surface area (TPSA) is 94.3 Å². The lowest BCUT2D eigenvalue weighted by Gasteiger charge is -2.20. The minimum atomic E-state index is -0.962. The van der Waals surface area contributed by atoms with Crippen LogP contribution < -0.4 is 10.6 Å². The maximum Gasteiger partial charge on any atom is 0.322 e. The molecule has 2 saturated heterocycles. The molecule has 0 saturated carbocycles.